The summed E-state index contributed by atoms with van der Waals surface area (Å²) in [4.78, 5) is 39.6. The highest BCUT2D eigenvalue weighted by atomic mass is 16.7. The van der Waals surface area contributed by atoms with Crippen molar-refractivity contribution in [1.29, 1.82) is 0 Å². The lowest BCUT2D eigenvalue weighted by Gasteiger charge is -2.46. The maximum absolute atomic E-state index is 14.2. The van der Waals surface area contributed by atoms with Crippen LogP contribution >= 0.6 is 0 Å². The number of aliphatic hydroxyl groups excluding tert-OH is 2. The van der Waals surface area contributed by atoms with Gasteiger partial charge < -0.3 is 29.9 Å². The van der Waals surface area contributed by atoms with E-state index in [4.69, 9.17) is 9.47 Å². The van der Waals surface area contributed by atoms with Gasteiger partial charge in [-0.25, -0.2) is 0 Å². The van der Waals surface area contributed by atoms with E-state index < -0.39 is 57.3 Å². The van der Waals surface area contributed by atoms with Gasteiger partial charge in [-0.1, -0.05) is 26.8 Å². The average molecular weight is 547 g/mol. The highest BCUT2D eigenvalue weighted by Gasteiger charge is 2.59. The van der Waals surface area contributed by atoms with E-state index in [-0.39, 0.29) is 42.9 Å². The van der Waals surface area contributed by atoms with Crippen molar-refractivity contribution in [3.63, 3.8) is 0 Å². The topological polar surface area (TPSA) is 151 Å². The van der Waals surface area contributed by atoms with Gasteiger partial charge in [-0.2, -0.15) is 0 Å². The van der Waals surface area contributed by atoms with Crippen molar-refractivity contribution in [1.82, 2.24) is 0 Å². The van der Waals surface area contributed by atoms with Gasteiger partial charge in [-0.15, -0.1) is 0 Å². The quantitative estimate of drug-likeness (QED) is 0.402. The van der Waals surface area contributed by atoms with E-state index in [2.05, 4.69) is 0 Å². The fourth-order valence-corrected chi connectivity index (χ4v) is 6.69. The van der Waals surface area contributed by atoms with Crippen LogP contribution < -0.4 is 9.47 Å². The first-order valence-electron chi connectivity index (χ1n) is 13.2. The molecule has 0 saturated heterocycles. The summed E-state index contributed by atoms with van der Waals surface area (Å²) in [5.41, 5.74) is -1.25. The Kier molecular flexibility index (Phi) is 5.52. The minimum atomic E-state index is -2.52. The summed E-state index contributed by atoms with van der Waals surface area (Å²) in [7, 11) is 0. The number of carbonyl (C=O) groups excluding carboxylic acids is 3. The monoisotopic (exact) mass is 546 g/mol. The molecule has 1 heterocycles. The summed E-state index contributed by atoms with van der Waals surface area (Å²) in [6.45, 7) is 6.91. The van der Waals surface area contributed by atoms with Gasteiger partial charge in [0.15, 0.2) is 28.7 Å². The molecule has 4 aliphatic rings. The molecular formula is C31H30O9. The number of ether oxygens (including phenoxy) is 2. The number of hydrogen-bond acceptors (Lipinski definition) is 9. The number of phenols is 1. The Bertz CT molecular complexity index is 1600. The van der Waals surface area contributed by atoms with E-state index >= 15 is 0 Å². The van der Waals surface area contributed by atoms with Gasteiger partial charge in [-0.3, -0.25) is 14.4 Å². The van der Waals surface area contributed by atoms with Crippen LogP contribution in [0.5, 0.6) is 17.2 Å². The Morgan fingerprint density at radius 1 is 1.02 bits per heavy atom. The van der Waals surface area contributed by atoms with Crippen LogP contribution in [0.1, 0.15) is 62.0 Å². The standard InChI is InChI=1S/C31H30O9/c1-13(32)23-20(33)10-16-7-15-8-18-17(14-5-6-21-22(9-14)40-12-39-21)11-19(30(2,3)4)26(34)25(18)27(35)24(15)29(37)31(16,38)28(23)36/h5-6,9,11,15-16,33-34,37-38H,7-8,10,12H2,1-4H3/t15-,16+,31-/m1/s1. The molecule has 0 saturated carbocycles. The lowest BCUT2D eigenvalue weighted by Crippen LogP contribution is -2.56. The number of ketones is 3. The fraction of sp³-hybridized carbons (Fsp3) is 0.387. The Hall–Kier alpha value is -4.11. The van der Waals surface area contributed by atoms with E-state index in [1.54, 1.807) is 6.07 Å². The molecule has 0 radical (unpaired) electrons. The van der Waals surface area contributed by atoms with Crippen LogP contribution in [-0.2, 0) is 21.4 Å². The molecule has 6 rings (SSSR count). The van der Waals surface area contributed by atoms with E-state index in [0.29, 0.717) is 28.2 Å². The van der Waals surface area contributed by atoms with Crippen LogP contribution in [0, 0.1) is 11.8 Å². The van der Waals surface area contributed by atoms with E-state index in [9.17, 15) is 34.8 Å². The minimum Gasteiger partial charge on any atom is -0.511 e. The maximum atomic E-state index is 14.2. The fourth-order valence-electron chi connectivity index (χ4n) is 6.69. The molecule has 2 aromatic rings. The van der Waals surface area contributed by atoms with Crippen LogP contribution in [0.4, 0.5) is 0 Å². The zero-order chi connectivity index (χ0) is 28.9. The van der Waals surface area contributed by atoms with E-state index in [1.807, 2.05) is 39.0 Å². The van der Waals surface area contributed by atoms with Crippen LogP contribution in [0.25, 0.3) is 11.1 Å². The third kappa shape index (κ3) is 3.46. The summed E-state index contributed by atoms with van der Waals surface area (Å²) < 4.78 is 11.0. The molecule has 0 aromatic heterocycles. The number of benzene rings is 2. The number of Topliss-reactive ketones (excluding diaryl/α,β-unsaturated/α-hetero) is 3. The van der Waals surface area contributed by atoms with Gasteiger partial charge in [-0.05, 0) is 66.0 Å². The lowest BCUT2D eigenvalue weighted by atomic mass is 9.59. The Morgan fingerprint density at radius 2 is 1.73 bits per heavy atom. The van der Waals surface area contributed by atoms with Crippen LogP contribution in [0.3, 0.4) is 0 Å². The molecule has 0 fully saturated rings. The molecule has 0 spiro atoms. The second-order valence-corrected chi connectivity index (χ2v) is 12.1. The molecule has 208 valence electrons. The van der Waals surface area contributed by atoms with Crippen molar-refractivity contribution in [2.45, 2.75) is 58.0 Å². The van der Waals surface area contributed by atoms with Gasteiger partial charge >= 0.3 is 0 Å². The average Bonchev–Trinajstić information content (AvgIpc) is 3.33. The van der Waals surface area contributed by atoms with Gasteiger partial charge in [0.25, 0.3) is 0 Å². The van der Waals surface area contributed by atoms with Crippen molar-refractivity contribution in [3.05, 3.63) is 63.6 Å². The first kappa shape index (κ1) is 26.1. The van der Waals surface area contributed by atoms with Crippen molar-refractivity contribution < 1.29 is 44.3 Å². The molecule has 0 amide bonds. The van der Waals surface area contributed by atoms with E-state index in [0.717, 1.165) is 12.5 Å². The van der Waals surface area contributed by atoms with Crippen molar-refractivity contribution in [3.8, 4) is 28.4 Å². The Balaban J connectivity index is 1.57. The molecule has 9 heteroatoms. The first-order chi connectivity index (χ1) is 18.7. The number of fused-ring (bicyclic) bond motifs is 4. The van der Waals surface area contributed by atoms with Gasteiger partial charge in [0.2, 0.25) is 12.6 Å². The molecule has 0 bridgehead atoms. The number of phenolic OH excluding ortho intramolecular Hbond substituents is 1. The largest absolute Gasteiger partial charge is 0.511 e. The first-order valence-corrected chi connectivity index (χ1v) is 13.2. The molecule has 2 aromatic carbocycles. The lowest BCUT2D eigenvalue weighted by molar-refractivity contribution is -0.144. The predicted octanol–water partition coefficient (Wildman–Crippen LogP) is 4.38. The zero-order valence-corrected chi connectivity index (χ0v) is 22.6. The number of aliphatic hydroxyl groups is 3. The molecule has 9 nitrogen and oxygen atoms in total. The summed E-state index contributed by atoms with van der Waals surface area (Å²) in [5.74, 6) is -4.39. The summed E-state index contributed by atoms with van der Waals surface area (Å²) in [6, 6.07) is 7.32. The number of carbonyl (C=O) groups is 3. The van der Waals surface area contributed by atoms with Crippen LogP contribution in [-0.4, -0.2) is 50.2 Å². The summed E-state index contributed by atoms with van der Waals surface area (Å²) >= 11 is 0. The summed E-state index contributed by atoms with van der Waals surface area (Å²) in [5, 5.41) is 44.9. The normalized spacial score (nSPS) is 25.5. The number of rotatable bonds is 2. The molecule has 4 N–H and O–H groups in total. The molecular weight excluding hydrogens is 516 g/mol. The van der Waals surface area contributed by atoms with Gasteiger partial charge in [0.1, 0.15) is 22.8 Å². The maximum Gasteiger partial charge on any atom is 0.231 e. The second kappa shape index (κ2) is 8.44. The Labute approximate surface area is 230 Å². The van der Waals surface area contributed by atoms with Crippen molar-refractivity contribution in [2.24, 2.45) is 11.8 Å². The predicted molar refractivity (Wildman–Crippen MR) is 143 cm³/mol. The third-order valence-corrected chi connectivity index (χ3v) is 8.66. The Morgan fingerprint density at radius 3 is 2.40 bits per heavy atom. The van der Waals surface area contributed by atoms with E-state index in [1.165, 1.54) is 0 Å². The SMILES string of the molecule is CC(=O)C1=C(O)C[C@@H]2C[C@@H]3Cc4c(-c5ccc6c(c5)OCO6)cc(C(C)(C)C)c(O)c4C(=O)C3=C(O)[C@]2(O)C1=O. The molecule has 1 aliphatic heterocycles. The molecule has 40 heavy (non-hydrogen) atoms. The number of hydrogen-bond donors (Lipinski definition) is 4. The van der Waals surface area contributed by atoms with Crippen LogP contribution in [0.2, 0.25) is 0 Å². The summed E-state index contributed by atoms with van der Waals surface area (Å²) in [6.07, 6.45) is 0.132. The van der Waals surface area contributed by atoms with Gasteiger partial charge in [0, 0.05) is 23.5 Å². The van der Waals surface area contributed by atoms with Crippen molar-refractivity contribution >= 4 is 17.3 Å². The molecule has 3 aliphatic carbocycles. The zero-order valence-electron chi connectivity index (χ0n) is 22.6. The van der Waals surface area contributed by atoms with Crippen molar-refractivity contribution in [2.75, 3.05) is 6.79 Å². The highest BCUT2D eigenvalue weighted by Crippen LogP contribution is 2.54. The molecule has 3 atom stereocenters. The molecule has 0 unspecified atom stereocenters. The number of allylic oxidation sites excluding steroid dienone is 2. The third-order valence-electron chi connectivity index (χ3n) is 8.66. The highest BCUT2D eigenvalue weighted by molar-refractivity contribution is 6.25. The minimum absolute atomic E-state index is 0.00776. The van der Waals surface area contributed by atoms with Gasteiger partial charge in [0.05, 0.1) is 5.56 Å². The number of aromatic hydroxyl groups is 1. The van der Waals surface area contributed by atoms with Crippen LogP contribution in [0.15, 0.2) is 46.9 Å². The smallest absolute Gasteiger partial charge is 0.231 e. The second-order valence-electron chi connectivity index (χ2n) is 12.1.